The van der Waals surface area contributed by atoms with Gasteiger partial charge in [0.15, 0.2) is 6.61 Å². The zero-order valence-electron chi connectivity index (χ0n) is 12.6. The van der Waals surface area contributed by atoms with Crippen molar-refractivity contribution in [2.45, 2.75) is 20.8 Å². The van der Waals surface area contributed by atoms with E-state index in [0.717, 1.165) is 16.7 Å². The van der Waals surface area contributed by atoms with Crippen molar-refractivity contribution in [3.8, 4) is 0 Å². The molecule has 0 radical (unpaired) electrons. The van der Waals surface area contributed by atoms with Crippen molar-refractivity contribution in [1.29, 1.82) is 0 Å². The third-order valence-electron chi connectivity index (χ3n) is 3.44. The number of aromatic nitrogens is 1. The molecule has 114 valence electrons. The number of esters is 1. The number of carbonyl (C=O) groups excluding carboxylic acids is 2. The van der Waals surface area contributed by atoms with Crippen LogP contribution in [-0.2, 0) is 4.74 Å². The fourth-order valence-electron chi connectivity index (χ4n) is 2.05. The average molecular weight is 318 g/mol. The van der Waals surface area contributed by atoms with Crippen LogP contribution in [0.15, 0.2) is 30.5 Å². The van der Waals surface area contributed by atoms with E-state index in [1.807, 2.05) is 32.9 Å². The molecule has 0 fully saturated rings. The molecule has 0 aliphatic rings. The van der Waals surface area contributed by atoms with Gasteiger partial charge in [0.2, 0.25) is 5.78 Å². The van der Waals surface area contributed by atoms with Gasteiger partial charge in [-0.3, -0.25) is 4.79 Å². The van der Waals surface area contributed by atoms with E-state index in [-0.39, 0.29) is 18.0 Å². The van der Waals surface area contributed by atoms with Gasteiger partial charge in [-0.05, 0) is 55.7 Å². The minimum Gasteiger partial charge on any atom is -0.454 e. The van der Waals surface area contributed by atoms with Crippen molar-refractivity contribution >= 4 is 23.4 Å². The number of ketones is 1. The van der Waals surface area contributed by atoms with Crippen molar-refractivity contribution in [2.75, 3.05) is 6.61 Å². The van der Waals surface area contributed by atoms with E-state index in [9.17, 15) is 9.59 Å². The van der Waals surface area contributed by atoms with Gasteiger partial charge in [0.05, 0.1) is 5.56 Å². The Labute approximate surface area is 134 Å². The molecule has 1 aromatic carbocycles. The van der Waals surface area contributed by atoms with E-state index in [1.54, 1.807) is 0 Å². The van der Waals surface area contributed by atoms with Crippen LogP contribution >= 0.6 is 11.6 Å². The van der Waals surface area contributed by atoms with E-state index in [4.69, 9.17) is 16.3 Å². The Morgan fingerprint density at radius 1 is 1.09 bits per heavy atom. The van der Waals surface area contributed by atoms with Crippen LogP contribution in [0.5, 0.6) is 0 Å². The van der Waals surface area contributed by atoms with Gasteiger partial charge in [-0.1, -0.05) is 17.7 Å². The van der Waals surface area contributed by atoms with Gasteiger partial charge in [-0.2, -0.15) is 0 Å². The molecule has 2 rings (SSSR count). The number of Topliss-reactive ketones (excluding diaryl/α,β-unsaturated/α-hetero) is 1. The number of pyridine rings is 1. The fraction of sp³-hybridized carbons (Fsp3) is 0.235. The summed E-state index contributed by atoms with van der Waals surface area (Å²) in [5.41, 5.74) is 3.86. The molecular formula is C17H16ClNO3. The second-order valence-corrected chi connectivity index (χ2v) is 5.51. The molecule has 2 aromatic rings. The van der Waals surface area contributed by atoms with Crippen LogP contribution in [0.1, 0.15) is 37.4 Å². The Bertz CT molecular complexity index is 723. The van der Waals surface area contributed by atoms with Crippen LogP contribution in [-0.4, -0.2) is 23.3 Å². The van der Waals surface area contributed by atoms with Crippen molar-refractivity contribution < 1.29 is 14.3 Å². The summed E-state index contributed by atoms with van der Waals surface area (Å²) >= 11 is 5.65. The maximum atomic E-state index is 12.2. The molecule has 0 atom stereocenters. The van der Waals surface area contributed by atoms with E-state index in [0.29, 0.717) is 10.7 Å². The minimum absolute atomic E-state index is 0.226. The van der Waals surface area contributed by atoms with Crippen LogP contribution in [0.4, 0.5) is 0 Å². The Hall–Kier alpha value is -2.20. The predicted octanol–water partition coefficient (Wildman–Crippen LogP) is 3.70. The number of benzene rings is 1. The number of carbonyl (C=O) groups is 2. The highest BCUT2D eigenvalue weighted by molar-refractivity contribution is 6.29. The lowest BCUT2D eigenvalue weighted by Gasteiger charge is -2.09. The molecule has 5 heteroatoms. The number of rotatable bonds is 4. The molecule has 4 nitrogen and oxygen atoms in total. The van der Waals surface area contributed by atoms with Crippen LogP contribution in [0.2, 0.25) is 5.15 Å². The van der Waals surface area contributed by atoms with Gasteiger partial charge < -0.3 is 4.74 Å². The molecular weight excluding hydrogens is 302 g/mol. The summed E-state index contributed by atoms with van der Waals surface area (Å²) in [5, 5.41) is 0.290. The van der Waals surface area contributed by atoms with Crippen LogP contribution in [0.25, 0.3) is 0 Å². The Morgan fingerprint density at radius 2 is 1.77 bits per heavy atom. The second-order valence-electron chi connectivity index (χ2n) is 5.12. The topological polar surface area (TPSA) is 56.3 Å². The molecule has 0 unspecified atom stereocenters. The monoisotopic (exact) mass is 317 g/mol. The van der Waals surface area contributed by atoms with Gasteiger partial charge in [-0.15, -0.1) is 0 Å². The van der Waals surface area contributed by atoms with Gasteiger partial charge in [-0.25, -0.2) is 9.78 Å². The quantitative estimate of drug-likeness (QED) is 0.490. The summed E-state index contributed by atoms with van der Waals surface area (Å²) in [6.07, 6.45) is 1.32. The highest BCUT2D eigenvalue weighted by Gasteiger charge is 2.14. The summed E-state index contributed by atoms with van der Waals surface area (Å²) in [7, 11) is 0. The number of halogens is 1. The first-order valence-corrected chi connectivity index (χ1v) is 7.16. The number of aryl methyl sites for hydroxylation is 3. The smallest absolute Gasteiger partial charge is 0.340 e. The number of hydrogen-bond acceptors (Lipinski definition) is 4. The average Bonchev–Trinajstić information content (AvgIpc) is 2.49. The lowest BCUT2D eigenvalue weighted by molar-refractivity contribution is 0.0474. The highest BCUT2D eigenvalue weighted by atomic mass is 35.5. The first-order valence-electron chi connectivity index (χ1n) is 6.78. The van der Waals surface area contributed by atoms with Gasteiger partial charge >= 0.3 is 5.97 Å². The van der Waals surface area contributed by atoms with E-state index in [2.05, 4.69) is 4.98 Å². The lowest BCUT2D eigenvalue weighted by Crippen LogP contribution is -2.15. The highest BCUT2D eigenvalue weighted by Crippen LogP contribution is 2.16. The first kappa shape index (κ1) is 16.2. The SMILES string of the molecule is Cc1cc(C)c(C(=O)COC(=O)c2ccc(Cl)nc2)cc1C. The van der Waals surface area contributed by atoms with Crippen LogP contribution in [0.3, 0.4) is 0 Å². The normalized spacial score (nSPS) is 10.4. The van der Waals surface area contributed by atoms with Gasteiger partial charge in [0.25, 0.3) is 0 Å². The molecule has 0 saturated heterocycles. The van der Waals surface area contributed by atoms with Gasteiger partial charge in [0.1, 0.15) is 5.15 Å². The summed E-state index contributed by atoms with van der Waals surface area (Å²) < 4.78 is 5.04. The number of hydrogen-bond donors (Lipinski definition) is 0. The maximum absolute atomic E-state index is 12.2. The Balaban J connectivity index is 2.05. The van der Waals surface area contributed by atoms with Crippen molar-refractivity contribution in [3.05, 3.63) is 63.4 Å². The molecule has 1 aromatic heterocycles. The predicted molar refractivity (Wildman–Crippen MR) is 84.5 cm³/mol. The van der Waals surface area contributed by atoms with E-state index >= 15 is 0 Å². The number of ether oxygens (including phenoxy) is 1. The molecule has 0 aliphatic heterocycles. The first-order chi connectivity index (χ1) is 10.4. The molecule has 0 amide bonds. The van der Waals surface area contributed by atoms with Crippen LogP contribution < -0.4 is 0 Å². The molecule has 0 aliphatic carbocycles. The largest absolute Gasteiger partial charge is 0.454 e. The van der Waals surface area contributed by atoms with Gasteiger partial charge in [0, 0.05) is 11.8 Å². The fourth-order valence-corrected chi connectivity index (χ4v) is 2.16. The number of nitrogens with zero attached hydrogens (tertiary/aromatic N) is 1. The second kappa shape index (κ2) is 6.71. The summed E-state index contributed by atoms with van der Waals surface area (Å²) in [6, 6.07) is 6.77. The summed E-state index contributed by atoms with van der Waals surface area (Å²) in [5.74, 6) is -0.824. The lowest BCUT2D eigenvalue weighted by atomic mass is 9.98. The van der Waals surface area contributed by atoms with E-state index in [1.165, 1.54) is 18.3 Å². The van der Waals surface area contributed by atoms with Crippen molar-refractivity contribution in [1.82, 2.24) is 4.98 Å². The van der Waals surface area contributed by atoms with Crippen molar-refractivity contribution in [3.63, 3.8) is 0 Å². The summed E-state index contributed by atoms with van der Waals surface area (Å²) in [4.78, 5) is 27.8. The Morgan fingerprint density at radius 3 is 2.41 bits per heavy atom. The third kappa shape index (κ3) is 3.71. The molecule has 0 bridgehead atoms. The molecule has 1 heterocycles. The zero-order chi connectivity index (χ0) is 16.3. The Kier molecular flexibility index (Phi) is 4.93. The minimum atomic E-state index is -0.598. The third-order valence-corrected chi connectivity index (χ3v) is 3.66. The zero-order valence-corrected chi connectivity index (χ0v) is 13.4. The standard InChI is InChI=1S/C17H16ClNO3/c1-10-6-12(3)14(7-11(10)2)15(20)9-22-17(21)13-4-5-16(18)19-8-13/h4-8H,9H2,1-3H3. The van der Waals surface area contributed by atoms with Crippen molar-refractivity contribution in [2.24, 2.45) is 0 Å². The summed E-state index contributed by atoms with van der Waals surface area (Å²) in [6.45, 7) is 5.50. The van der Waals surface area contributed by atoms with Crippen LogP contribution in [0, 0.1) is 20.8 Å². The molecule has 0 spiro atoms. The molecule has 0 saturated carbocycles. The van der Waals surface area contributed by atoms with E-state index < -0.39 is 5.97 Å². The molecule has 0 N–H and O–H groups in total. The maximum Gasteiger partial charge on any atom is 0.340 e. The molecule has 22 heavy (non-hydrogen) atoms.